The standard InChI is InChI=1S/C10H9F7O/c11-7(4-5-1-2-6(7)3-5)8(18,9(12,13)14)10(15,16)17/h1-2,5-6,18H,3-4H2/t5-,6+,7?/m0/s1. The molecule has 0 aromatic carbocycles. The van der Waals surface area contributed by atoms with Crippen LogP contribution in [0.15, 0.2) is 12.2 Å². The van der Waals surface area contributed by atoms with E-state index in [9.17, 15) is 30.7 Å². The van der Waals surface area contributed by atoms with Crippen molar-refractivity contribution in [2.75, 3.05) is 0 Å². The predicted molar refractivity (Wildman–Crippen MR) is 46.3 cm³/mol. The maximum Gasteiger partial charge on any atom is 0.429 e. The topological polar surface area (TPSA) is 20.2 Å². The first-order valence-corrected chi connectivity index (χ1v) is 5.16. The third kappa shape index (κ3) is 1.44. The summed E-state index contributed by atoms with van der Waals surface area (Å²) in [5.74, 6) is -2.24. The van der Waals surface area contributed by atoms with Crippen molar-refractivity contribution in [3.8, 4) is 0 Å². The van der Waals surface area contributed by atoms with E-state index < -0.39 is 41.9 Å². The largest absolute Gasteiger partial charge is 0.429 e. The Morgan fingerprint density at radius 1 is 1.00 bits per heavy atom. The molecule has 0 heterocycles. The molecule has 0 radical (unpaired) electrons. The van der Waals surface area contributed by atoms with E-state index in [-0.39, 0.29) is 6.42 Å². The van der Waals surface area contributed by atoms with Crippen molar-refractivity contribution in [1.82, 2.24) is 0 Å². The number of hydrogen-bond acceptors (Lipinski definition) is 1. The molecule has 2 aliphatic rings. The molecule has 1 nitrogen and oxygen atoms in total. The fraction of sp³-hybridized carbons (Fsp3) is 0.800. The third-order valence-corrected chi connectivity index (χ3v) is 3.74. The second-order valence-corrected chi connectivity index (χ2v) is 4.76. The van der Waals surface area contributed by atoms with E-state index in [4.69, 9.17) is 5.11 Å². The van der Waals surface area contributed by atoms with Crippen LogP contribution in [-0.4, -0.2) is 28.7 Å². The second kappa shape index (κ2) is 3.40. The van der Waals surface area contributed by atoms with Gasteiger partial charge in [0.2, 0.25) is 0 Å². The molecule has 3 atom stereocenters. The smallest absolute Gasteiger partial charge is 0.371 e. The van der Waals surface area contributed by atoms with Crippen LogP contribution >= 0.6 is 0 Å². The van der Waals surface area contributed by atoms with Gasteiger partial charge >= 0.3 is 12.4 Å². The fourth-order valence-corrected chi connectivity index (χ4v) is 2.85. The van der Waals surface area contributed by atoms with E-state index >= 15 is 0 Å². The summed E-state index contributed by atoms with van der Waals surface area (Å²) in [5.41, 5.74) is -9.07. The third-order valence-electron chi connectivity index (χ3n) is 3.74. The van der Waals surface area contributed by atoms with E-state index in [2.05, 4.69) is 0 Å². The molecular weight excluding hydrogens is 269 g/mol. The first kappa shape index (κ1) is 13.6. The molecule has 0 saturated heterocycles. The van der Waals surface area contributed by atoms with E-state index in [1.54, 1.807) is 0 Å². The van der Waals surface area contributed by atoms with Crippen LogP contribution in [0, 0.1) is 11.8 Å². The summed E-state index contributed by atoms with van der Waals surface area (Å²) in [4.78, 5) is 0. The number of fused-ring (bicyclic) bond motifs is 2. The maximum atomic E-state index is 14.3. The quantitative estimate of drug-likeness (QED) is 0.577. The molecule has 8 heteroatoms. The highest BCUT2D eigenvalue weighted by Gasteiger charge is 2.83. The van der Waals surface area contributed by atoms with Gasteiger partial charge in [0, 0.05) is 5.92 Å². The maximum absolute atomic E-state index is 14.3. The van der Waals surface area contributed by atoms with Gasteiger partial charge in [-0.3, -0.25) is 0 Å². The summed E-state index contributed by atoms with van der Waals surface area (Å²) in [7, 11) is 0. The average Bonchev–Trinajstić information content (AvgIpc) is 2.72. The lowest BCUT2D eigenvalue weighted by atomic mass is 9.74. The molecule has 0 spiro atoms. The second-order valence-electron chi connectivity index (χ2n) is 4.76. The van der Waals surface area contributed by atoms with Gasteiger partial charge in [-0.05, 0) is 18.8 Å². The van der Waals surface area contributed by atoms with Crippen molar-refractivity contribution < 1.29 is 35.8 Å². The highest BCUT2D eigenvalue weighted by molar-refractivity contribution is 5.25. The molecular formula is C10H9F7O. The van der Waals surface area contributed by atoms with E-state index in [1.165, 1.54) is 6.08 Å². The zero-order chi connectivity index (χ0) is 14.0. The van der Waals surface area contributed by atoms with Crippen molar-refractivity contribution >= 4 is 0 Å². The Kier molecular flexibility index (Phi) is 2.58. The van der Waals surface area contributed by atoms with Gasteiger partial charge in [0.25, 0.3) is 5.60 Å². The van der Waals surface area contributed by atoms with Crippen molar-refractivity contribution in [3.63, 3.8) is 0 Å². The minimum absolute atomic E-state index is 0.134. The number of rotatable bonds is 1. The van der Waals surface area contributed by atoms with Crippen LogP contribution in [-0.2, 0) is 0 Å². The Morgan fingerprint density at radius 3 is 1.78 bits per heavy atom. The van der Waals surface area contributed by atoms with Gasteiger partial charge in [-0.15, -0.1) is 0 Å². The summed E-state index contributed by atoms with van der Waals surface area (Å²) in [6.07, 6.45) is -11.0. The molecule has 2 rings (SSSR count). The Hall–Kier alpha value is -0.790. The summed E-state index contributed by atoms with van der Waals surface area (Å²) < 4.78 is 89.8. The van der Waals surface area contributed by atoms with Crippen molar-refractivity contribution in [2.24, 2.45) is 11.8 Å². The van der Waals surface area contributed by atoms with Crippen LogP contribution in [0.3, 0.4) is 0 Å². The highest BCUT2D eigenvalue weighted by Crippen LogP contribution is 2.61. The number of halogens is 7. The minimum atomic E-state index is -6.11. The Bertz CT molecular complexity index is 369. The molecule has 0 aromatic heterocycles. The van der Waals surface area contributed by atoms with Gasteiger partial charge in [0.05, 0.1) is 0 Å². The monoisotopic (exact) mass is 278 g/mol. The molecule has 0 aromatic rings. The zero-order valence-electron chi connectivity index (χ0n) is 8.82. The van der Waals surface area contributed by atoms with Gasteiger partial charge < -0.3 is 5.11 Å². The minimum Gasteiger partial charge on any atom is -0.371 e. The molecule has 2 bridgehead atoms. The summed E-state index contributed by atoms with van der Waals surface area (Å²) >= 11 is 0. The van der Waals surface area contributed by atoms with Crippen molar-refractivity contribution in [3.05, 3.63) is 12.2 Å². The van der Waals surface area contributed by atoms with Crippen LogP contribution in [0.1, 0.15) is 12.8 Å². The number of alkyl halides is 7. The van der Waals surface area contributed by atoms with Gasteiger partial charge in [0.15, 0.2) is 5.67 Å². The fourth-order valence-electron chi connectivity index (χ4n) is 2.85. The molecule has 2 aliphatic carbocycles. The Balaban J connectivity index is 2.53. The molecule has 0 aliphatic heterocycles. The average molecular weight is 278 g/mol. The number of hydrogen-bond donors (Lipinski definition) is 1. The summed E-state index contributed by atoms with van der Waals surface area (Å²) in [6, 6.07) is 0. The van der Waals surface area contributed by atoms with Crippen LogP contribution in [0.25, 0.3) is 0 Å². The Morgan fingerprint density at radius 2 is 1.50 bits per heavy atom. The van der Waals surface area contributed by atoms with Crippen LogP contribution in [0.2, 0.25) is 0 Å². The highest BCUT2D eigenvalue weighted by atomic mass is 19.4. The predicted octanol–water partition coefficient (Wildman–Crippen LogP) is 3.15. The molecule has 1 N–H and O–H groups in total. The lowest BCUT2D eigenvalue weighted by molar-refractivity contribution is -0.406. The number of allylic oxidation sites excluding steroid dienone is 2. The zero-order valence-corrected chi connectivity index (χ0v) is 8.82. The molecule has 1 saturated carbocycles. The van der Waals surface area contributed by atoms with E-state index in [0.29, 0.717) is 0 Å². The lowest BCUT2D eigenvalue weighted by Gasteiger charge is -2.44. The molecule has 1 fully saturated rings. The van der Waals surface area contributed by atoms with Gasteiger partial charge in [-0.1, -0.05) is 12.2 Å². The molecule has 18 heavy (non-hydrogen) atoms. The van der Waals surface area contributed by atoms with Crippen LogP contribution < -0.4 is 0 Å². The van der Waals surface area contributed by atoms with Crippen molar-refractivity contribution in [1.29, 1.82) is 0 Å². The first-order chi connectivity index (χ1) is 7.93. The molecule has 104 valence electrons. The SMILES string of the molecule is OC(C(F)(F)F)(C(F)(F)F)C1(F)C[C@H]2C=C[C@@H]1C2. The van der Waals surface area contributed by atoms with E-state index in [1.807, 2.05) is 0 Å². The lowest BCUT2D eigenvalue weighted by Crippen LogP contribution is -2.70. The first-order valence-electron chi connectivity index (χ1n) is 5.16. The molecule has 0 amide bonds. The van der Waals surface area contributed by atoms with Gasteiger partial charge in [-0.25, -0.2) is 4.39 Å². The van der Waals surface area contributed by atoms with Gasteiger partial charge in [-0.2, -0.15) is 26.3 Å². The summed E-state index contributed by atoms with van der Waals surface area (Å²) in [5, 5.41) is 9.11. The number of aliphatic hydroxyl groups is 1. The van der Waals surface area contributed by atoms with Crippen LogP contribution in [0.5, 0.6) is 0 Å². The van der Waals surface area contributed by atoms with Crippen molar-refractivity contribution in [2.45, 2.75) is 36.5 Å². The van der Waals surface area contributed by atoms with Crippen LogP contribution in [0.4, 0.5) is 30.7 Å². The summed E-state index contributed by atoms with van der Waals surface area (Å²) in [6.45, 7) is 0. The van der Waals surface area contributed by atoms with E-state index in [0.717, 1.165) is 6.08 Å². The molecule has 1 unspecified atom stereocenters. The normalized spacial score (nSPS) is 36.4. The van der Waals surface area contributed by atoms with Gasteiger partial charge in [0.1, 0.15) is 0 Å². The Labute approximate surface area is 97.3 Å².